The number of hydrogen-bond acceptors (Lipinski definition) is 5. The Labute approximate surface area is 224 Å². The van der Waals surface area contributed by atoms with Gasteiger partial charge in [-0.25, -0.2) is 9.18 Å². The third kappa shape index (κ3) is 4.67. The number of hydrogen-bond donors (Lipinski definition) is 1. The predicted molar refractivity (Wildman–Crippen MR) is 144 cm³/mol. The van der Waals surface area contributed by atoms with E-state index in [4.69, 9.17) is 20.9 Å². The van der Waals surface area contributed by atoms with Gasteiger partial charge >= 0.3 is 5.97 Å². The number of rotatable bonds is 8. The second kappa shape index (κ2) is 9.75. The number of ether oxygens (including phenoxy) is 1. The van der Waals surface area contributed by atoms with Gasteiger partial charge in [0, 0.05) is 67.3 Å². The van der Waals surface area contributed by atoms with Crippen LogP contribution in [-0.4, -0.2) is 46.2 Å². The van der Waals surface area contributed by atoms with Crippen LogP contribution in [0.15, 0.2) is 53.2 Å². The quantitative estimate of drug-likeness (QED) is 0.273. The summed E-state index contributed by atoms with van der Waals surface area (Å²) in [5, 5.41) is 15.0. The first-order valence-corrected chi connectivity index (χ1v) is 13.3. The maximum Gasteiger partial charge on any atom is 0.337 e. The van der Waals surface area contributed by atoms with Crippen molar-refractivity contribution < 1.29 is 23.6 Å². The molecule has 0 radical (unpaired) electrons. The molecule has 198 valence electrons. The van der Waals surface area contributed by atoms with Crippen molar-refractivity contribution in [3.05, 3.63) is 70.6 Å². The predicted octanol–water partition coefficient (Wildman–Crippen LogP) is 6.59. The molecule has 0 unspecified atom stereocenters. The van der Waals surface area contributed by atoms with Crippen molar-refractivity contribution in [2.75, 3.05) is 24.6 Å². The van der Waals surface area contributed by atoms with Crippen LogP contribution in [0.25, 0.3) is 22.2 Å². The number of aromatic carboxylic acids is 1. The molecular weight excluding hydrogens is 509 g/mol. The zero-order valence-corrected chi connectivity index (χ0v) is 21.9. The smallest absolute Gasteiger partial charge is 0.337 e. The number of anilines is 1. The van der Waals surface area contributed by atoms with Crippen LogP contribution in [0.1, 0.15) is 53.3 Å². The first kappa shape index (κ1) is 24.9. The summed E-state index contributed by atoms with van der Waals surface area (Å²) in [6, 6.07) is 13.2. The van der Waals surface area contributed by atoms with E-state index in [0.717, 1.165) is 40.9 Å². The summed E-state index contributed by atoms with van der Waals surface area (Å²) in [6.45, 7) is 1.32. The highest BCUT2D eigenvalue weighted by Gasteiger charge is 2.37. The van der Waals surface area contributed by atoms with E-state index in [9.17, 15) is 9.90 Å². The largest absolute Gasteiger partial charge is 0.478 e. The molecule has 3 heterocycles. The van der Waals surface area contributed by atoms with Gasteiger partial charge in [0.2, 0.25) is 0 Å². The molecule has 1 N–H and O–H groups in total. The Morgan fingerprint density at radius 2 is 2.00 bits per heavy atom. The molecule has 1 saturated carbocycles. The molecular formula is C29H29ClFN3O4. The highest BCUT2D eigenvalue weighted by atomic mass is 35.5. The third-order valence-electron chi connectivity index (χ3n) is 7.73. The lowest BCUT2D eigenvalue weighted by Gasteiger charge is -2.37. The molecule has 2 fully saturated rings. The van der Waals surface area contributed by atoms with Crippen LogP contribution in [0, 0.1) is 0 Å². The van der Waals surface area contributed by atoms with Crippen LogP contribution in [0.4, 0.5) is 10.1 Å². The van der Waals surface area contributed by atoms with Crippen molar-refractivity contribution in [3.63, 3.8) is 0 Å². The topological polar surface area (TPSA) is 80.7 Å². The van der Waals surface area contributed by atoms with Gasteiger partial charge in [0.15, 0.2) is 0 Å². The normalized spacial score (nSPS) is 17.3. The fourth-order valence-electron chi connectivity index (χ4n) is 5.38. The van der Waals surface area contributed by atoms with Gasteiger partial charge in [-0.2, -0.15) is 0 Å². The van der Waals surface area contributed by atoms with Crippen LogP contribution < -0.4 is 4.90 Å². The molecule has 2 aromatic heterocycles. The minimum atomic E-state index is -1.43. The molecule has 7 nitrogen and oxygen atoms in total. The molecule has 0 atom stereocenters. The number of piperidine rings is 1. The fourth-order valence-corrected chi connectivity index (χ4v) is 5.60. The van der Waals surface area contributed by atoms with Crippen molar-refractivity contribution in [1.82, 2.24) is 9.72 Å². The van der Waals surface area contributed by atoms with Crippen LogP contribution in [0.2, 0.25) is 5.02 Å². The van der Waals surface area contributed by atoms with Gasteiger partial charge in [0.25, 0.3) is 0 Å². The summed E-state index contributed by atoms with van der Waals surface area (Å²) in [4.78, 5) is 13.7. The van der Waals surface area contributed by atoms with E-state index >= 15 is 4.39 Å². The number of alkyl halides is 1. The summed E-state index contributed by atoms with van der Waals surface area (Å²) < 4.78 is 29.3. The molecule has 2 aromatic carbocycles. The molecule has 1 aliphatic carbocycles. The summed E-state index contributed by atoms with van der Waals surface area (Å²) in [7, 11) is 1.83. The average molecular weight is 538 g/mol. The maximum absolute atomic E-state index is 15.8. The van der Waals surface area contributed by atoms with E-state index in [2.05, 4.69) is 10.1 Å². The zero-order valence-electron chi connectivity index (χ0n) is 21.1. The van der Waals surface area contributed by atoms with Crippen molar-refractivity contribution in [2.24, 2.45) is 7.05 Å². The lowest BCUT2D eigenvalue weighted by atomic mass is 9.93. The monoisotopic (exact) mass is 537 g/mol. The van der Waals surface area contributed by atoms with E-state index in [-0.39, 0.29) is 18.8 Å². The van der Waals surface area contributed by atoms with E-state index in [1.807, 2.05) is 54.1 Å². The van der Waals surface area contributed by atoms with Gasteiger partial charge in [-0.15, -0.1) is 0 Å². The Bertz CT molecular complexity index is 1500. The fraction of sp³-hybridized carbons (Fsp3) is 0.379. The molecule has 6 rings (SSSR count). The van der Waals surface area contributed by atoms with E-state index in [1.165, 1.54) is 0 Å². The van der Waals surface area contributed by atoms with Crippen molar-refractivity contribution >= 4 is 34.2 Å². The minimum absolute atomic E-state index is 0.00307. The van der Waals surface area contributed by atoms with E-state index in [1.54, 1.807) is 6.20 Å². The maximum atomic E-state index is 15.8. The van der Waals surface area contributed by atoms with E-state index in [0.29, 0.717) is 48.0 Å². The first-order valence-electron chi connectivity index (χ1n) is 12.9. The molecule has 0 amide bonds. The number of benzene rings is 2. The molecule has 2 aliphatic rings. The zero-order chi connectivity index (χ0) is 26.4. The van der Waals surface area contributed by atoms with Crippen LogP contribution >= 0.6 is 11.6 Å². The summed E-state index contributed by atoms with van der Waals surface area (Å²) in [5.41, 5.74) is 2.97. The van der Waals surface area contributed by atoms with Gasteiger partial charge in [0.1, 0.15) is 17.1 Å². The second-order valence-corrected chi connectivity index (χ2v) is 10.8. The number of carboxylic acids is 1. The Morgan fingerprint density at radius 3 is 2.71 bits per heavy atom. The molecule has 0 bridgehead atoms. The lowest BCUT2D eigenvalue weighted by molar-refractivity contribution is -0.00756. The number of carbonyl (C=O) groups is 1. The molecule has 0 spiro atoms. The van der Waals surface area contributed by atoms with Gasteiger partial charge in [0.05, 0.1) is 29.3 Å². The van der Waals surface area contributed by atoms with E-state index < -0.39 is 11.6 Å². The number of aryl methyl sites for hydroxylation is 1. The Hall–Kier alpha value is -3.36. The summed E-state index contributed by atoms with van der Waals surface area (Å²) in [6.07, 6.45) is 4.42. The van der Waals surface area contributed by atoms with Gasteiger partial charge in [-0.1, -0.05) is 35.0 Å². The standard InChI is InChI=1S/C29H29ClFN3O4/c1-33-15-22(28(35)36)20-9-8-19(14-25(20)33)34-12-10-29(31,11-13-34)17-37-16-23-26(21-4-2-3-5-24(21)30)32-38-27(23)18-6-7-18/h2-5,8-9,14-15,18H,6-7,10-13,16-17H2,1H3,(H,35,36). The molecule has 9 heteroatoms. The van der Waals surface area contributed by atoms with Crippen molar-refractivity contribution in [2.45, 2.75) is 43.9 Å². The van der Waals surface area contributed by atoms with Crippen molar-refractivity contribution in [1.29, 1.82) is 0 Å². The van der Waals surface area contributed by atoms with Gasteiger partial charge in [-0.05, 0) is 37.1 Å². The second-order valence-electron chi connectivity index (χ2n) is 10.4. The minimum Gasteiger partial charge on any atom is -0.478 e. The van der Waals surface area contributed by atoms with Crippen LogP contribution in [0.5, 0.6) is 0 Å². The van der Waals surface area contributed by atoms with Crippen LogP contribution in [0.3, 0.4) is 0 Å². The summed E-state index contributed by atoms with van der Waals surface area (Å²) >= 11 is 6.42. The average Bonchev–Trinajstić information content (AvgIpc) is 3.58. The van der Waals surface area contributed by atoms with Gasteiger partial charge in [-0.3, -0.25) is 0 Å². The highest BCUT2D eigenvalue weighted by Crippen LogP contribution is 2.45. The SMILES string of the molecule is Cn1cc(C(=O)O)c2ccc(N3CCC(F)(COCc4c(-c5ccccc5Cl)noc4C4CC4)CC3)cc21. The molecule has 1 saturated heterocycles. The Morgan fingerprint density at radius 1 is 1.24 bits per heavy atom. The number of aromatic nitrogens is 2. The molecule has 1 aliphatic heterocycles. The molecule has 38 heavy (non-hydrogen) atoms. The van der Waals surface area contributed by atoms with Gasteiger partial charge < -0.3 is 23.8 Å². The lowest BCUT2D eigenvalue weighted by Crippen LogP contribution is -2.44. The van der Waals surface area contributed by atoms with Crippen LogP contribution in [-0.2, 0) is 18.4 Å². The molecule has 4 aromatic rings. The summed E-state index contributed by atoms with van der Waals surface area (Å²) in [5.74, 6) is 0.218. The Balaban J connectivity index is 1.11. The highest BCUT2D eigenvalue weighted by molar-refractivity contribution is 6.33. The number of halogens is 2. The number of nitrogens with zero attached hydrogens (tertiary/aromatic N) is 3. The van der Waals surface area contributed by atoms with Crippen molar-refractivity contribution in [3.8, 4) is 11.3 Å². The third-order valence-corrected chi connectivity index (χ3v) is 8.06. The Kier molecular flexibility index (Phi) is 6.40. The first-order chi connectivity index (χ1) is 18.3. The number of fused-ring (bicyclic) bond motifs is 1. The number of carboxylic acid groups (broad SMARTS) is 1.